The monoisotopic (exact) mass is 424 g/mol. The average Bonchev–Trinajstić information content (AvgIpc) is 2.69. The number of hydrogen-bond donors (Lipinski definition) is 4. The number of benzene rings is 2. The van der Waals surface area contributed by atoms with Crippen molar-refractivity contribution in [1.82, 2.24) is 0 Å². The molecule has 3 rings (SSSR count). The third kappa shape index (κ3) is 4.38. The Labute approximate surface area is 181 Å². The number of carbonyl (C=O) groups is 1. The van der Waals surface area contributed by atoms with E-state index in [2.05, 4.69) is 0 Å². The molecule has 0 radical (unpaired) electrons. The summed E-state index contributed by atoms with van der Waals surface area (Å²) in [5, 5.41) is 41.3. The summed E-state index contributed by atoms with van der Waals surface area (Å²) in [6, 6.07) is 4.17. The Kier molecular flexibility index (Phi) is 6.29. The molecule has 0 saturated heterocycles. The fourth-order valence-electron chi connectivity index (χ4n) is 3.62. The van der Waals surface area contributed by atoms with Crippen molar-refractivity contribution in [2.24, 2.45) is 0 Å². The van der Waals surface area contributed by atoms with Gasteiger partial charge in [-0.25, -0.2) is 0 Å². The molecular weight excluding hydrogens is 396 g/mol. The highest BCUT2D eigenvalue weighted by atomic mass is 16.5. The van der Waals surface area contributed by atoms with Crippen LogP contribution in [0.2, 0.25) is 0 Å². The minimum Gasteiger partial charge on any atom is -0.507 e. The zero-order valence-corrected chi connectivity index (χ0v) is 18.2. The molecule has 2 aromatic rings. The summed E-state index contributed by atoms with van der Waals surface area (Å²) in [5.74, 6) is -1.91. The zero-order valence-electron chi connectivity index (χ0n) is 18.2. The number of Topliss-reactive ketones (excluding diaryl/α,β-unsaturated/α-hetero) is 1. The molecule has 0 unspecified atom stereocenters. The number of hydrogen-bond acceptors (Lipinski definition) is 6. The maximum absolute atomic E-state index is 13.4. The third-order valence-corrected chi connectivity index (χ3v) is 5.38. The maximum Gasteiger partial charge on any atom is 0.181 e. The predicted octanol–water partition coefficient (Wildman–Crippen LogP) is 4.89. The molecule has 4 N–H and O–H groups in total. The molecule has 0 bridgehead atoms. The number of carbonyl (C=O) groups excluding carboxylic acids is 1. The molecular formula is C25H28O6. The number of phenolic OH excluding ortho intramolecular Hbond substituents is 4. The van der Waals surface area contributed by atoms with E-state index in [1.165, 1.54) is 18.2 Å². The SMILES string of the molecule is CC(C)=CCc1c(O)c(CC=C(C)C)c2c(c1O)C(=O)[C@@H](c1ccc(O)c(O)c1)CO2. The van der Waals surface area contributed by atoms with Crippen molar-refractivity contribution in [3.8, 4) is 28.7 Å². The van der Waals surface area contributed by atoms with E-state index in [9.17, 15) is 25.2 Å². The van der Waals surface area contributed by atoms with Gasteiger partial charge in [-0.05, 0) is 58.2 Å². The van der Waals surface area contributed by atoms with Crippen LogP contribution in [-0.2, 0) is 12.8 Å². The van der Waals surface area contributed by atoms with Gasteiger partial charge in [0.15, 0.2) is 17.3 Å². The number of rotatable bonds is 5. The van der Waals surface area contributed by atoms with Gasteiger partial charge in [0.05, 0.1) is 5.92 Å². The first kappa shape index (κ1) is 22.3. The Balaban J connectivity index is 2.17. The Bertz CT molecular complexity index is 1090. The Morgan fingerprint density at radius 2 is 1.55 bits per heavy atom. The van der Waals surface area contributed by atoms with Crippen LogP contribution in [0.25, 0.3) is 0 Å². The van der Waals surface area contributed by atoms with Gasteiger partial charge in [-0.2, -0.15) is 0 Å². The highest BCUT2D eigenvalue weighted by molar-refractivity contribution is 6.07. The molecule has 1 heterocycles. The normalized spacial score (nSPS) is 15.1. The molecule has 6 heteroatoms. The van der Waals surface area contributed by atoms with Gasteiger partial charge in [0.25, 0.3) is 0 Å². The van der Waals surface area contributed by atoms with Gasteiger partial charge in [-0.15, -0.1) is 0 Å². The van der Waals surface area contributed by atoms with Crippen LogP contribution in [0.1, 0.15) is 60.7 Å². The van der Waals surface area contributed by atoms with Gasteiger partial charge in [0.1, 0.15) is 29.4 Å². The van der Waals surface area contributed by atoms with Gasteiger partial charge in [-0.3, -0.25) is 4.79 Å². The lowest BCUT2D eigenvalue weighted by Crippen LogP contribution is -2.27. The van der Waals surface area contributed by atoms with Crippen molar-refractivity contribution in [3.05, 3.63) is 63.8 Å². The molecule has 0 aliphatic carbocycles. The largest absolute Gasteiger partial charge is 0.507 e. The highest BCUT2D eigenvalue weighted by Gasteiger charge is 2.37. The Hall–Kier alpha value is -3.41. The van der Waals surface area contributed by atoms with Crippen molar-refractivity contribution in [2.75, 3.05) is 6.61 Å². The molecule has 0 aromatic heterocycles. The molecule has 0 saturated carbocycles. The van der Waals surface area contributed by atoms with Crippen molar-refractivity contribution < 1.29 is 30.0 Å². The standard InChI is InChI=1S/C25H28O6/c1-13(2)5-8-16-22(28)17(9-6-14(3)4)25-21(23(16)29)24(30)18(12-31-25)15-7-10-19(26)20(27)11-15/h5-7,10-11,18,26-29H,8-9,12H2,1-4H3/t18-/m1/s1. The second-order valence-electron chi connectivity index (χ2n) is 8.31. The van der Waals surface area contributed by atoms with Crippen molar-refractivity contribution >= 4 is 5.78 Å². The first-order chi connectivity index (χ1) is 14.6. The predicted molar refractivity (Wildman–Crippen MR) is 118 cm³/mol. The van der Waals surface area contributed by atoms with Crippen LogP contribution in [0.3, 0.4) is 0 Å². The van der Waals surface area contributed by atoms with E-state index in [-0.39, 0.29) is 58.7 Å². The molecule has 0 fully saturated rings. The molecule has 1 aliphatic rings. The zero-order chi connectivity index (χ0) is 22.9. The van der Waals surface area contributed by atoms with Crippen LogP contribution in [0.4, 0.5) is 0 Å². The lowest BCUT2D eigenvalue weighted by molar-refractivity contribution is 0.0890. The molecule has 1 aliphatic heterocycles. The molecule has 0 spiro atoms. The van der Waals surface area contributed by atoms with Crippen LogP contribution >= 0.6 is 0 Å². The fourth-order valence-corrected chi connectivity index (χ4v) is 3.62. The van der Waals surface area contributed by atoms with E-state index in [0.29, 0.717) is 17.5 Å². The van der Waals surface area contributed by atoms with Crippen LogP contribution in [0, 0.1) is 0 Å². The topological polar surface area (TPSA) is 107 Å². The fraction of sp³-hybridized carbons (Fsp3) is 0.320. The first-order valence-corrected chi connectivity index (χ1v) is 10.2. The smallest absolute Gasteiger partial charge is 0.181 e. The summed E-state index contributed by atoms with van der Waals surface area (Å²) in [6.45, 7) is 7.70. The van der Waals surface area contributed by atoms with Gasteiger partial charge >= 0.3 is 0 Å². The molecule has 164 valence electrons. The number of ether oxygens (including phenoxy) is 1. The summed E-state index contributed by atoms with van der Waals surface area (Å²) in [5.41, 5.74) is 3.31. The average molecular weight is 424 g/mol. The number of ketones is 1. The number of allylic oxidation sites excluding steroid dienone is 4. The quantitative estimate of drug-likeness (QED) is 0.402. The Morgan fingerprint density at radius 1 is 0.935 bits per heavy atom. The van der Waals surface area contributed by atoms with Gasteiger partial charge in [0.2, 0.25) is 0 Å². The van der Waals surface area contributed by atoms with Gasteiger partial charge < -0.3 is 25.2 Å². The number of aromatic hydroxyl groups is 4. The second-order valence-corrected chi connectivity index (χ2v) is 8.31. The van der Waals surface area contributed by atoms with E-state index in [1.54, 1.807) is 0 Å². The van der Waals surface area contributed by atoms with Gasteiger partial charge in [0, 0.05) is 11.1 Å². The molecule has 31 heavy (non-hydrogen) atoms. The third-order valence-electron chi connectivity index (χ3n) is 5.38. The summed E-state index contributed by atoms with van der Waals surface area (Å²) < 4.78 is 5.91. The lowest BCUT2D eigenvalue weighted by atomic mass is 9.84. The number of phenols is 4. The van der Waals surface area contributed by atoms with Crippen LogP contribution < -0.4 is 4.74 Å². The summed E-state index contributed by atoms with van der Waals surface area (Å²) in [6.07, 6.45) is 4.42. The molecule has 2 aromatic carbocycles. The molecule has 0 amide bonds. The summed E-state index contributed by atoms with van der Waals surface area (Å²) in [4.78, 5) is 13.4. The van der Waals surface area contributed by atoms with Crippen molar-refractivity contribution in [1.29, 1.82) is 0 Å². The minimum atomic E-state index is -0.762. The van der Waals surface area contributed by atoms with Crippen molar-refractivity contribution in [2.45, 2.75) is 46.5 Å². The minimum absolute atomic E-state index is 0.00985. The van der Waals surface area contributed by atoms with Crippen LogP contribution in [-0.4, -0.2) is 32.8 Å². The maximum atomic E-state index is 13.4. The first-order valence-electron chi connectivity index (χ1n) is 10.2. The Morgan fingerprint density at radius 3 is 2.13 bits per heavy atom. The van der Waals surface area contributed by atoms with E-state index < -0.39 is 5.92 Å². The summed E-state index contributed by atoms with van der Waals surface area (Å²) >= 11 is 0. The van der Waals surface area contributed by atoms with Crippen LogP contribution in [0.15, 0.2) is 41.5 Å². The number of fused-ring (bicyclic) bond motifs is 1. The van der Waals surface area contributed by atoms with Crippen LogP contribution in [0.5, 0.6) is 28.7 Å². The summed E-state index contributed by atoms with van der Waals surface area (Å²) in [7, 11) is 0. The molecule has 6 nitrogen and oxygen atoms in total. The highest BCUT2D eigenvalue weighted by Crippen LogP contribution is 2.48. The van der Waals surface area contributed by atoms with Crippen molar-refractivity contribution in [3.63, 3.8) is 0 Å². The lowest BCUT2D eigenvalue weighted by Gasteiger charge is -2.28. The van der Waals surface area contributed by atoms with E-state index >= 15 is 0 Å². The second kappa shape index (κ2) is 8.76. The van der Waals surface area contributed by atoms with E-state index in [4.69, 9.17) is 4.74 Å². The van der Waals surface area contributed by atoms with Gasteiger partial charge in [-0.1, -0.05) is 29.4 Å². The molecule has 1 atom stereocenters. The van der Waals surface area contributed by atoms with E-state index in [0.717, 1.165) is 11.1 Å². The van der Waals surface area contributed by atoms with E-state index in [1.807, 2.05) is 39.8 Å².